The molecule has 1 atom stereocenters. The lowest BCUT2D eigenvalue weighted by Crippen LogP contribution is -2.13. The molecule has 21 heavy (non-hydrogen) atoms. The van der Waals surface area contributed by atoms with E-state index in [2.05, 4.69) is 5.32 Å². The van der Waals surface area contributed by atoms with Crippen LogP contribution >= 0.6 is 11.6 Å². The maximum absolute atomic E-state index is 13.2. The molecule has 0 aliphatic rings. The zero-order chi connectivity index (χ0) is 15.6. The van der Waals surface area contributed by atoms with E-state index in [1.54, 1.807) is 12.1 Å². The first-order valence-corrected chi connectivity index (χ1v) is 8.04. The molecule has 2 aromatic carbocycles. The lowest BCUT2D eigenvalue weighted by atomic mass is 10.1. The van der Waals surface area contributed by atoms with Gasteiger partial charge in [-0.1, -0.05) is 23.7 Å². The van der Waals surface area contributed by atoms with Crippen molar-refractivity contribution in [3.63, 3.8) is 0 Å². The third kappa shape index (κ3) is 3.93. The van der Waals surface area contributed by atoms with Crippen molar-refractivity contribution in [2.75, 3.05) is 5.32 Å². The van der Waals surface area contributed by atoms with Gasteiger partial charge in [0.05, 0.1) is 15.6 Å². The standard InChI is InChI=1S/C14H14ClFN2O2S/c1-9(10-3-2-4-11(16)7-10)18-14-8-12(21(17,19)20)5-6-13(14)15/h2-9,18H,1H3,(H2,17,19,20). The van der Waals surface area contributed by atoms with E-state index < -0.39 is 10.0 Å². The second-order valence-corrected chi connectivity index (χ2v) is 6.58. The average molecular weight is 329 g/mol. The van der Waals surface area contributed by atoms with Crippen LogP contribution in [0.25, 0.3) is 0 Å². The summed E-state index contributed by atoms with van der Waals surface area (Å²) in [5.41, 5.74) is 1.13. The summed E-state index contributed by atoms with van der Waals surface area (Å²) in [5, 5.41) is 8.49. The number of primary sulfonamides is 1. The SMILES string of the molecule is CC(Nc1cc(S(N)(=O)=O)ccc1Cl)c1cccc(F)c1. The van der Waals surface area contributed by atoms with Gasteiger partial charge in [-0.05, 0) is 42.8 Å². The molecule has 0 spiro atoms. The van der Waals surface area contributed by atoms with Crippen molar-refractivity contribution in [2.45, 2.75) is 17.9 Å². The Hall–Kier alpha value is -1.63. The highest BCUT2D eigenvalue weighted by molar-refractivity contribution is 7.89. The first-order chi connectivity index (χ1) is 9.77. The van der Waals surface area contributed by atoms with E-state index >= 15 is 0 Å². The van der Waals surface area contributed by atoms with E-state index in [4.69, 9.17) is 16.7 Å². The summed E-state index contributed by atoms with van der Waals surface area (Å²) in [7, 11) is -3.81. The normalized spacial score (nSPS) is 13.0. The Labute approximate surface area is 127 Å². The Kier molecular flexibility index (Phi) is 4.51. The molecule has 0 aliphatic heterocycles. The first-order valence-electron chi connectivity index (χ1n) is 6.12. The molecule has 0 saturated carbocycles. The van der Waals surface area contributed by atoms with Crippen LogP contribution in [-0.2, 0) is 10.0 Å². The van der Waals surface area contributed by atoms with Crippen molar-refractivity contribution in [3.8, 4) is 0 Å². The Morgan fingerprint density at radius 1 is 1.24 bits per heavy atom. The summed E-state index contributed by atoms with van der Waals surface area (Å²) in [6, 6.07) is 9.99. The van der Waals surface area contributed by atoms with Gasteiger partial charge >= 0.3 is 0 Å². The van der Waals surface area contributed by atoms with Crippen LogP contribution in [-0.4, -0.2) is 8.42 Å². The van der Waals surface area contributed by atoms with Crippen LogP contribution in [0.4, 0.5) is 10.1 Å². The Morgan fingerprint density at radius 3 is 2.57 bits per heavy atom. The van der Waals surface area contributed by atoms with Crippen LogP contribution in [0, 0.1) is 5.82 Å². The fourth-order valence-corrected chi connectivity index (χ4v) is 2.60. The van der Waals surface area contributed by atoms with Crippen molar-refractivity contribution in [1.82, 2.24) is 0 Å². The molecule has 0 amide bonds. The number of sulfonamides is 1. The Morgan fingerprint density at radius 2 is 1.95 bits per heavy atom. The van der Waals surface area contributed by atoms with Gasteiger partial charge in [-0.15, -0.1) is 0 Å². The van der Waals surface area contributed by atoms with Crippen molar-refractivity contribution in [1.29, 1.82) is 0 Å². The summed E-state index contributed by atoms with van der Waals surface area (Å²) in [4.78, 5) is -0.0409. The van der Waals surface area contributed by atoms with Crippen molar-refractivity contribution in [3.05, 3.63) is 58.9 Å². The monoisotopic (exact) mass is 328 g/mol. The molecule has 112 valence electrons. The summed E-state index contributed by atoms with van der Waals surface area (Å²) in [5.74, 6) is -0.342. The maximum Gasteiger partial charge on any atom is 0.238 e. The second kappa shape index (κ2) is 6.01. The predicted octanol–water partition coefficient (Wildman–Crippen LogP) is 3.30. The molecular weight excluding hydrogens is 315 g/mol. The fourth-order valence-electron chi connectivity index (χ4n) is 1.88. The molecule has 0 fully saturated rings. The second-order valence-electron chi connectivity index (χ2n) is 4.61. The van der Waals surface area contributed by atoms with E-state index in [0.717, 1.165) is 0 Å². The van der Waals surface area contributed by atoms with E-state index in [9.17, 15) is 12.8 Å². The zero-order valence-corrected chi connectivity index (χ0v) is 12.7. The number of nitrogens with one attached hydrogen (secondary N) is 1. The fraction of sp³-hybridized carbons (Fsp3) is 0.143. The molecule has 7 heteroatoms. The minimum Gasteiger partial charge on any atom is -0.377 e. The molecule has 0 bridgehead atoms. The van der Waals surface area contributed by atoms with E-state index in [0.29, 0.717) is 16.3 Å². The number of nitrogens with two attached hydrogens (primary N) is 1. The molecule has 0 radical (unpaired) electrons. The summed E-state index contributed by atoms with van der Waals surface area (Å²) >= 11 is 6.04. The Bertz CT molecular complexity index is 765. The van der Waals surface area contributed by atoms with Gasteiger partial charge in [0.25, 0.3) is 0 Å². The smallest absolute Gasteiger partial charge is 0.238 e. The van der Waals surface area contributed by atoms with Gasteiger partial charge in [0.2, 0.25) is 10.0 Å². The highest BCUT2D eigenvalue weighted by atomic mass is 35.5. The molecule has 2 aromatic rings. The van der Waals surface area contributed by atoms with E-state index in [1.807, 2.05) is 6.92 Å². The average Bonchev–Trinajstić information content (AvgIpc) is 2.40. The number of hydrogen-bond donors (Lipinski definition) is 2. The minimum absolute atomic E-state index is 0.0409. The highest BCUT2D eigenvalue weighted by Gasteiger charge is 2.13. The molecular formula is C14H14ClFN2O2S. The van der Waals surface area contributed by atoms with Crippen molar-refractivity contribution >= 4 is 27.3 Å². The molecule has 0 aliphatic carbocycles. The van der Waals surface area contributed by atoms with Crippen molar-refractivity contribution in [2.24, 2.45) is 5.14 Å². The topological polar surface area (TPSA) is 72.2 Å². The largest absolute Gasteiger partial charge is 0.377 e. The van der Waals surface area contributed by atoms with Crippen LogP contribution in [0.3, 0.4) is 0 Å². The first kappa shape index (κ1) is 15.8. The minimum atomic E-state index is -3.81. The van der Waals surface area contributed by atoms with Crippen LogP contribution in [0.1, 0.15) is 18.5 Å². The number of benzene rings is 2. The maximum atomic E-state index is 13.2. The molecule has 0 aromatic heterocycles. The van der Waals surface area contributed by atoms with Crippen molar-refractivity contribution < 1.29 is 12.8 Å². The summed E-state index contributed by atoms with van der Waals surface area (Å²) < 4.78 is 35.9. The van der Waals surface area contributed by atoms with Gasteiger partial charge < -0.3 is 5.32 Å². The third-order valence-corrected chi connectivity index (χ3v) is 4.23. The van der Waals surface area contributed by atoms with Gasteiger partial charge in [0.1, 0.15) is 5.82 Å². The van der Waals surface area contributed by atoms with Gasteiger partial charge in [-0.2, -0.15) is 0 Å². The predicted molar refractivity (Wildman–Crippen MR) is 81.3 cm³/mol. The summed E-state index contributed by atoms with van der Waals surface area (Å²) in [6.07, 6.45) is 0. The van der Waals surface area contributed by atoms with Crippen LogP contribution in [0.5, 0.6) is 0 Å². The molecule has 1 unspecified atom stereocenters. The van der Waals surface area contributed by atoms with E-state index in [1.165, 1.54) is 30.3 Å². The molecule has 2 rings (SSSR count). The third-order valence-electron chi connectivity index (χ3n) is 2.99. The molecule has 3 N–H and O–H groups in total. The zero-order valence-electron chi connectivity index (χ0n) is 11.2. The lowest BCUT2D eigenvalue weighted by molar-refractivity contribution is 0.598. The van der Waals surface area contributed by atoms with Gasteiger partial charge in [-0.25, -0.2) is 17.9 Å². The number of rotatable bonds is 4. The summed E-state index contributed by atoms with van der Waals surface area (Å²) in [6.45, 7) is 1.81. The van der Waals surface area contributed by atoms with Crippen LogP contribution < -0.4 is 10.5 Å². The van der Waals surface area contributed by atoms with Crippen LogP contribution in [0.15, 0.2) is 47.4 Å². The van der Waals surface area contributed by atoms with E-state index in [-0.39, 0.29) is 16.8 Å². The molecule has 0 heterocycles. The number of anilines is 1. The van der Waals surface area contributed by atoms with Gasteiger partial charge in [0.15, 0.2) is 0 Å². The van der Waals surface area contributed by atoms with Crippen LogP contribution in [0.2, 0.25) is 5.02 Å². The molecule has 4 nitrogen and oxygen atoms in total. The van der Waals surface area contributed by atoms with Gasteiger partial charge in [0, 0.05) is 6.04 Å². The van der Waals surface area contributed by atoms with Gasteiger partial charge in [-0.3, -0.25) is 0 Å². The lowest BCUT2D eigenvalue weighted by Gasteiger charge is -2.17. The number of halogens is 2. The molecule has 0 saturated heterocycles. The highest BCUT2D eigenvalue weighted by Crippen LogP contribution is 2.28. The number of hydrogen-bond acceptors (Lipinski definition) is 3. The quantitative estimate of drug-likeness (QED) is 0.904. The Balaban J connectivity index is 2.31.